The Kier molecular flexibility index (Phi) is 3.28. The van der Waals surface area contributed by atoms with Crippen molar-refractivity contribution in [3.05, 3.63) is 35.7 Å². The maximum absolute atomic E-state index is 5.98. The molecule has 1 aromatic carbocycles. The van der Waals surface area contributed by atoms with Gasteiger partial charge in [-0.25, -0.2) is 4.98 Å². The van der Waals surface area contributed by atoms with Gasteiger partial charge in [-0.15, -0.1) is 0 Å². The SMILES string of the molecule is CC(C)Oc1ccccc1-c1nc(Cl)nc2[nH]ncc12. The van der Waals surface area contributed by atoms with Gasteiger partial charge in [0, 0.05) is 5.56 Å². The minimum absolute atomic E-state index is 0.0771. The molecular weight excluding hydrogens is 276 g/mol. The van der Waals surface area contributed by atoms with Gasteiger partial charge in [0.25, 0.3) is 0 Å². The molecule has 0 radical (unpaired) electrons. The number of fused-ring (bicyclic) bond motifs is 1. The lowest BCUT2D eigenvalue weighted by Crippen LogP contribution is -2.06. The van der Waals surface area contributed by atoms with Crippen molar-refractivity contribution in [1.82, 2.24) is 20.2 Å². The summed E-state index contributed by atoms with van der Waals surface area (Å²) >= 11 is 5.98. The molecule has 0 aliphatic rings. The van der Waals surface area contributed by atoms with E-state index in [2.05, 4.69) is 20.2 Å². The van der Waals surface area contributed by atoms with Gasteiger partial charge in [0.2, 0.25) is 5.28 Å². The molecule has 102 valence electrons. The van der Waals surface area contributed by atoms with Crippen LogP contribution in [-0.4, -0.2) is 26.3 Å². The van der Waals surface area contributed by atoms with Crippen LogP contribution >= 0.6 is 11.6 Å². The molecule has 0 bridgehead atoms. The van der Waals surface area contributed by atoms with Crippen LogP contribution in [0.1, 0.15) is 13.8 Å². The van der Waals surface area contributed by atoms with Crippen molar-refractivity contribution in [3.63, 3.8) is 0 Å². The van der Waals surface area contributed by atoms with Crippen molar-refractivity contribution in [2.45, 2.75) is 20.0 Å². The van der Waals surface area contributed by atoms with E-state index in [1.165, 1.54) is 0 Å². The summed E-state index contributed by atoms with van der Waals surface area (Å²) in [5.74, 6) is 0.764. The van der Waals surface area contributed by atoms with E-state index in [0.717, 1.165) is 16.7 Å². The monoisotopic (exact) mass is 288 g/mol. The molecule has 5 nitrogen and oxygen atoms in total. The van der Waals surface area contributed by atoms with Gasteiger partial charge >= 0.3 is 0 Å². The van der Waals surface area contributed by atoms with Gasteiger partial charge in [-0.2, -0.15) is 10.1 Å². The number of rotatable bonds is 3. The highest BCUT2D eigenvalue weighted by Gasteiger charge is 2.15. The van der Waals surface area contributed by atoms with Gasteiger partial charge in [0.15, 0.2) is 5.65 Å². The highest BCUT2D eigenvalue weighted by Crippen LogP contribution is 2.33. The number of halogens is 1. The second-order valence-electron chi connectivity index (χ2n) is 4.64. The van der Waals surface area contributed by atoms with Crippen LogP contribution in [0, 0.1) is 0 Å². The predicted octanol–water partition coefficient (Wildman–Crippen LogP) is 3.46. The highest BCUT2D eigenvalue weighted by atomic mass is 35.5. The van der Waals surface area contributed by atoms with E-state index in [1.807, 2.05) is 38.1 Å². The first-order valence-electron chi connectivity index (χ1n) is 6.28. The summed E-state index contributed by atoms with van der Waals surface area (Å²) in [7, 11) is 0. The molecule has 0 amide bonds. The molecule has 0 fully saturated rings. The van der Waals surface area contributed by atoms with Crippen LogP contribution in [-0.2, 0) is 0 Å². The molecule has 1 N–H and O–H groups in total. The first-order chi connectivity index (χ1) is 9.65. The first kappa shape index (κ1) is 12.9. The zero-order valence-corrected chi connectivity index (χ0v) is 11.8. The highest BCUT2D eigenvalue weighted by molar-refractivity contribution is 6.28. The average molecular weight is 289 g/mol. The third-order valence-corrected chi connectivity index (χ3v) is 2.96. The first-order valence-corrected chi connectivity index (χ1v) is 6.65. The Morgan fingerprint density at radius 2 is 2.00 bits per heavy atom. The van der Waals surface area contributed by atoms with E-state index >= 15 is 0 Å². The van der Waals surface area contributed by atoms with Gasteiger partial charge in [0.1, 0.15) is 5.75 Å². The van der Waals surface area contributed by atoms with Crippen LogP contribution in [0.15, 0.2) is 30.5 Å². The molecule has 0 aliphatic carbocycles. The summed E-state index contributed by atoms with van der Waals surface area (Å²) in [5, 5.41) is 7.79. The average Bonchev–Trinajstić information content (AvgIpc) is 2.86. The number of aromatic nitrogens is 4. The molecule has 0 aliphatic heterocycles. The van der Waals surface area contributed by atoms with Crippen molar-refractivity contribution in [2.24, 2.45) is 0 Å². The summed E-state index contributed by atoms with van der Waals surface area (Å²) in [6.45, 7) is 3.97. The molecule has 2 aromatic heterocycles. The Labute approximate surface area is 121 Å². The van der Waals surface area contributed by atoms with Crippen molar-refractivity contribution >= 4 is 22.6 Å². The molecule has 3 rings (SSSR count). The van der Waals surface area contributed by atoms with E-state index in [0.29, 0.717) is 11.3 Å². The third-order valence-electron chi connectivity index (χ3n) is 2.79. The van der Waals surface area contributed by atoms with E-state index in [-0.39, 0.29) is 11.4 Å². The van der Waals surface area contributed by atoms with Gasteiger partial charge < -0.3 is 4.74 Å². The van der Waals surface area contributed by atoms with Crippen LogP contribution in [0.2, 0.25) is 5.28 Å². The lowest BCUT2D eigenvalue weighted by atomic mass is 10.1. The Balaban J connectivity index is 2.23. The summed E-state index contributed by atoms with van der Waals surface area (Å²) < 4.78 is 5.83. The summed E-state index contributed by atoms with van der Waals surface area (Å²) in [6, 6.07) is 7.72. The van der Waals surface area contributed by atoms with Crippen LogP contribution in [0.5, 0.6) is 5.75 Å². The summed E-state index contributed by atoms with van der Waals surface area (Å²) in [6.07, 6.45) is 1.76. The number of para-hydroxylation sites is 1. The smallest absolute Gasteiger partial charge is 0.224 e. The number of nitrogens with one attached hydrogen (secondary N) is 1. The minimum Gasteiger partial charge on any atom is -0.490 e. The zero-order valence-electron chi connectivity index (χ0n) is 11.1. The fourth-order valence-electron chi connectivity index (χ4n) is 2.03. The topological polar surface area (TPSA) is 63.7 Å². The van der Waals surface area contributed by atoms with Gasteiger partial charge in [0.05, 0.1) is 23.4 Å². The van der Waals surface area contributed by atoms with Crippen molar-refractivity contribution < 1.29 is 4.74 Å². The molecule has 20 heavy (non-hydrogen) atoms. The molecule has 6 heteroatoms. The van der Waals surface area contributed by atoms with Crippen LogP contribution in [0.25, 0.3) is 22.3 Å². The molecule has 0 spiro atoms. The second kappa shape index (κ2) is 5.09. The number of aromatic amines is 1. The molecule has 0 unspecified atom stereocenters. The van der Waals surface area contributed by atoms with E-state index < -0.39 is 0 Å². The quantitative estimate of drug-likeness (QED) is 0.750. The van der Waals surface area contributed by atoms with Crippen LogP contribution < -0.4 is 4.74 Å². The van der Waals surface area contributed by atoms with Gasteiger partial charge in [-0.05, 0) is 37.6 Å². The van der Waals surface area contributed by atoms with Crippen molar-refractivity contribution in [1.29, 1.82) is 0 Å². The standard InChI is InChI=1S/C14H13ClN4O/c1-8(2)20-11-6-4-3-5-9(11)12-10-7-16-19-13(10)18-14(15)17-12/h3-8H,1-2H3,(H,16,17,18,19). The third kappa shape index (κ3) is 2.32. The fourth-order valence-corrected chi connectivity index (χ4v) is 2.20. The fraction of sp³-hybridized carbons (Fsp3) is 0.214. The predicted molar refractivity (Wildman–Crippen MR) is 77.9 cm³/mol. The number of ether oxygens (including phenoxy) is 1. The Morgan fingerprint density at radius 3 is 2.80 bits per heavy atom. The molecule has 3 aromatic rings. The largest absolute Gasteiger partial charge is 0.490 e. The summed E-state index contributed by atoms with van der Waals surface area (Å²) in [5.41, 5.74) is 2.20. The summed E-state index contributed by atoms with van der Waals surface area (Å²) in [4.78, 5) is 8.43. The van der Waals surface area contributed by atoms with Gasteiger partial charge in [-0.3, -0.25) is 5.10 Å². The second-order valence-corrected chi connectivity index (χ2v) is 4.97. The Hall–Kier alpha value is -2.14. The van der Waals surface area contributed by atoms with Gasteiger partial charge in [-0.1, -0.05) is 12.1 Å². The maximum Gasteiger partial charge on any atom is 0.224 e. The van der Waals surface area contributed by atoms with Crippen LogP contribution in [0.3, 0.4) is 0 Å². The number of hydrogen-bond donors (Lipinski definition) is 1. The zero-order chi connectivity index (χ0) is 14.1. The molecule has 2 heterocycles. The minimum atomic E-state index is 0.0771. The van der Waals surface area contributed by atoms with Crippen molar-refractivity contribution in [2.75, 3.05) is 0 Å². The van der Waals surface area contributed by atoms with Crippen LogP contribution in [0.4, 0.5) is 0 Å². The Bertz CT molecular complexity index is 754. The van der Waals surface area contributed by atoms with E-state index in [9.17, 15) is 0 Å². The normalized spacial score (nSPS) is 11.2. The maximum atomic E-state index is 5.98. The lowest BCUT2D eigenvalue weighted by Gasteiger charge is -2.14. The molecule has 0 atom stereocenters. The number of nitrogens with zero attached hydrogens (tertiary/aromatic N) is 3. The molecular formula is C14H13ClN4O. The van der Waals surface area contributed by atoms with E-state index in [1.54, 1.807) is 6.20 Å². The Morgan fingerprint density at radius 1 is 1.20 bits per heavy atom. The lowest BCUT2D eigenvalue weighted by molar-refractivity contribution is 0.243. The number of H-pyrrole nitrogens is 1. The molecule has 0 saturated carbocycles. The van der Waals surface area contributed by atoms with E-state index in [4.69, 9.17) is 16.3 Å². The van der Waals surface area contributed by atoms with Crippen molar-refractivity contribution in [3.8, 4) is 17.0 Å². The number of hydrogen-bond acceptors (Lipinski definition) is 4. The number of benzene rings is 1. The molecule has 0 saturated heterocycles.